The largest absolute Gasteiger partial charge is 0.487 e. The van der Waals surface area contributed by atoms with E-state index in [-0.39, 0.29) is 17.9 Å². The van der Waals surface area contributed by atoms with Crippen molar-refractivity contribution >= 4 is 5.91 Å². The van der Waals surface area contributed by atoms with Gasteiger partial charge in [0.25, 0.3) is 0 Å². The smallest absolute Gasteiger partial charge is 0.226 e. The Bertz CT molecular complexity index is 845. The molecule has 0 radical (unpaired) electrons. The Balaban J connectivity index is 1.32. The molecule has 128 valence electrons. The van der Waals surface area contributed by atoms with Gasteiger partial charge in [0.1, 0.15) is 11.9 Å². The van der Waals surface area contributed by atoms with Crippen LogP contribution in [0, 0.1) is 17.2 Å². The van der Waals surface area contributed by atoms with Crippen molar-refractivity contribution in [3.05, 3.63) is 47.3 Å². The highest BCUT2D eigenvalue weighted by Crippen LogP contribution is 2.28. The summed E-state index contributed by atoms with van der Waals surface area (Å²) in [6.07, 6.45) is 4.48. The van der Waals surface area contributed by atoms with Gasteiger partial charge >= 0.3 is 0 Å². The van der Waals surface area contributed by atoms with Gasteiger partial charge in [-0.3, -0.25) is 9.48 Å². The number of hydrogen-bond acceptors (Lipinski definition) is 4. The van der Waals surface area contributed by atoms with Crippen LogP contribution in [0.15, 0.2) is 30.5 Å². The van der Waals surface area contributed by atoms with Crippen LogP contribution in [-0.4, -0.2) is 39.8 Å². The third-order valence-corrected chi connectivity index (χ3v) is 5.12. The predicted molar refractivity (Wildman–Crippen MR) is 90.9 cm³/mol. The average Bonchev–Trinajstić information content (AvgIpc) is 2.98. The van der Waals surface area contributed by atoms with E-state index >= 15 is 0 Å². The number of nitrogens with zero attached hydrogens (tertiary/aromatic N) is 4. The van der Waals surface area contributed by atoms with E-state index in [4.69, 9.17) is 10.00 Å². The normalized spacial score (nSPS) is 19.7. The highest BCUT2D eigenvalue weighted by atomic mass is 16.5. The number of carbonyl (C=O) groups excluding carboxylic acids is 1. The summed E-state index contributed by atoms with van der Waals surface area (Å²) in [7, 11) is 1.96. The lowest BCUT2D eigenvalue weighted by molar-refractivity contribution is -0.144. The third-order valence-electron chi connectivity index (χ3n) is 5.12. The second-order valence-corrected chi connectivity index (χ2v) is 6.80. The van der Waals surface area contributed by atoms with E-state index in [1.165, 1.54) is 11.3 Å². The molecule has 1 aromatic heterocycles. The van der Waals surface area contributed by atoms with E-state index in [1.54, 1.807) is 12.1 Å². The zero-order chi connectivity index (χ0) is 17.4. The topological polar surface area (TPSA) is 71.2 Å². The number of hydrogen-bond donors (Lipinski definition) is 0. The molecule has 0 N–H and O–H groups in total. The molecule has 2 heterocycles. The maximum absolute atomic E-state index is 12.7. The predicted octanol–water partition coefficient (Wildman–Crippen LogP) is 1.69. The van der Waals surface area contributed by atoms with Crippen molar-refractivity contribution in [2.24, 2.45) is 13.0 Å². The fourth-order valence-corrected chi connectivity index (χ4v) is 3.67. The van der Waals surface area contributed by atoms with Crippen molar-refractivity contribution in [3.63, 3.8) is 0 Å². The Morgan fingerprint density at radius 1 is 1.40 bits per heavy atom. The molecule has 2 aromatic rings. The van der Waals surface area contributed by atoms with Crippen molar-refractivity contribution in [1.82, 2.24) is 14.7 Å². The van der Waals surface area contributed by atoms with E-state index in [1.807, 2.05) is 35.0 Å². The fourth-order valence-electron chi connectivity index (χ4n) is 3.67. The molecule has 1 aliphatic carbocycles. The van der Waals surface area contributed by atoms with Crippen LogP contribution in [0.3, 0.4) is 0 Å². The lowest BCUT2D eigenvalue weighted by Crippen LogP contribution is -2.58. The summed E-state index contributed by atoms with van der Waals surface area (Å²) in [6, 6.07) is 9.24. The zero-order valence-corrected chi connectivity index (χ0v) is 14.2. The van der Waals surface area contributed by atoms with Crippen molar-refractivity contribution in [2.45, 2.75) is 25.4 Å². The number of fused-ring (bicyclic) bond motifs is 1. The van der Waals surface area contributed by atoms with E-state index in [0.29, 0.717) is 24.4 Å². The Labute approximate surface area is 146 Å². The molecule has 1 fully saturated rings. The van der Waals surface area contributed by atoms with Crippen LogP contribution in [0.1, 0.15) is 23.2 Å². The summed E-state index contributed by atoms with van der Waals surface area (Å²) in [5.41, 5.74) is 3.04. The quantitative estimate of drug-likeness (QED) is 0.855. The van der Waals surface area contributed by atoms with Gasteiger partial charge < -0.3 is 9.64 Å². The van der Waals surface area contributed by atoms with E-state index < -0.39 is 0 Å². The fraction of sp³-hybridized carbons (Fsp3) is 0.421. The van der Waals surface area contributed by atoms with Gasteiger partial charge in [0, 0.05) is 18.7 Å². The Morgan fingerprint density at radius 3 is 3.04 bits per heavy atom. The number of carbonyl (C=O) groups is 1. The molecule has 1 unspecified atom stereocenters. The molecule has 1 aliphatic heterocycles. The molecule has 1 saturated heterocycles. The van der Waals surface area contributed by atoms with E-state index in [2.05, 4.69) is 11.2 Å². The maximum Gasteiger partial charge on any atom is 0.226 e. The second kappa shape index (κ2) is 6.25. The summed E-state index contributed by atoms with van der Waals surface area (Å²) in [5, 5.41) is 13.2. The van der Waals surface area contributed by atoms with Gasteiger partial charge in [-0.1, -0.05) is 6.07 Å². The molecule has 6 nitrogen and oxygen atoms in total. The van der Waals surface area contributed by atoms with Gasteiger partial charge in [-0.15, -0.1) is 0 Å². The van der Waals surface area contributed by atoms with Gasteiger partial charge in [0.15, 0.2) is 0 Å². The molecule has 4 rings (SSSR count). The van der Waals surface area contributed by atoms with Gasteiger partial charge in [-0.2, -0.15) is 10.4 Å². The minimum absolute atomic E-state index is 0.00966. The van der Waals surface area contributed by atoms with Crippen LogP contribution >= 0.6 is 0 Å². The van der Waals surface area contributed by atoms with Gasteiger partial charge in [-0.05, 0) is 43.0 Å². The van der Waals surface area contributed by atoms with Crippen LogP contribution in [0.5, 0.6) is 5.75 Å². The summed E-state index contributed by atoms with van der Waals surface area (Å²) in [4.78, 5) is 14.6. The van der Waals surface area contributed by atoms with Gasteiger partial charge in [-0.25, -0.2) is 0 Å². The average molecular weight is 336 g/mol. The SMILES string of the molecule is Cn1ncc2c1CCC(C(=O)N1CC(Oc3cccc(C#N)c3)C1)C2. The Kier molecular flexibility index (Phi) is 3.92. The summed E-state index contributed by atoms with van der Waals surface area (Å²) < 4.78 is 7.78. The number of benzene rings is 1. The van der Waals surface area contributed by atoms with Crippen LogP contribution < -0.4 is 4.74 Å². The van der Waals surface area contributed by atoms with Crippen LogP contribution in [0.25, 0.3) is 0 Å². The monoisotopic (exact) mass is 336 g/mol. The lowest BCUT2D eigenvalue weighted by atomic mass is 9.86. The molecule has 1 amide bonds. The number of likely N-dealkylation sites (tertiary alicyclic amines) is 1. The summed E-state index contributed by atoms with van der Waals surface area (Å²) in [5.74, 6) is 0.966. The zero-order valence-electron chi connectivity index (χ0n) is 14.2. The molecule has 1 atom stereocenters. The second-order valence-electron chi connectivity index (χ2n) is 6.80. The Morgan fingerprint density at radius 2 is 2.24 bits per heavy atom. The molecule has 0 saturated carbocycles. The first kappa shape index (κ1) is 15.7. The van der Waals surface area contributed by atoms with Crippen molar-refractivity contribution in [2.75, 3.05) is 13.1 Å². The molecular formula is C19H20N4O2. The van der Waals surface area contributed by atoms with Crippen molar-refractivity contribution in [1.29, 1.82) is 5.26 Å². The molecule has 0 bridgehead atoms. The number of amides is 1. The molecular weight excluding hydrogens is 316 g/mol. The number of aryl methyl sites for hydroxylation is 1. The number of rotatable bonds is 3. The standard InChI is InChI=1S/C19H20N4O2/c1-22-18-6-5-14(8-15(18)10-21-22)19(24)23-11-17(12-23)25-16-4-2-3-13(7-16)9-20/h2-4,7,10,14,17H,5-6,8,11-12H2,1H3. The van der Waals surface area contributed by atoms with E-state index in [9.17, 15) is 4.79 Å². The van der Waals surface area contributed by atoms with Crippen molar-refractivity contribution < 1.29 is 9.53 Å². The summed E-state index contributed by atoms with van der Waals surface area (Å²) >= 11 is 0. The van der Waals surface area contributed by atoms with E-state index in [0.717, 1.165) is 19.3 Å². The molecule has 2 aliphatic rings. The maximum atomic E-state index is 12.7. The van der Waals surface area contributed by atoms with Crippen molar-refractivity contribution in [3.8, 4) is 11.8 Å². The summed E-state index contributed by atoms with van der Waals surface area (Å²) in [6.45, 7) is 1.23. The molecule has 6 heteroatoms. The van der Waals surface area contributed by atoms with Gasteiger partial charge in [0.2, 0.25) is 5.91 Å². The van der Waals surface area contributed by atoms with Gasteiger partial charge in [0.05, 0.1) is 30.9 Å². The molecule has 0 spiro atoms. The highest BCUT2D eigenvalue weighted by Gasteiger charge is 2.37. The minimum atomic E-state index is 0.00966. The number of ether oxygens (including phenoxy) is 1. The van der Waals surface area contributed by atoms with Crippen LogP contribution in [0.4, 0.5) is 0 Å². The molecule has 1 aromatic carbocycles. The molecule has 25 heavy (non-hydrogen) atoms. The first-order valence-corrected chi connectivity index (χ1v) is 8.59. The Hall–Kier alpha value is -2.81. The highest BCUT2D eigenvalue weighted by molar-refractivity contribution is 5.80. The number of aromatic nitrogens is 2. The van der Waals surface area contributed by atoms with Crippen LogP contribution in [-0.2, 0) is 24.7 Å². The third kappa shape index (κ3) is 2.98. The van der Waals surface area contributed by atoms with Crippen LogP contribution in [0.2, 0.25) is 0 Å². The minimum Gasteiger partial charge on any atom is -0.487 e. The first-order chi connectivity index (χ1) is 12.1. The lowest BCUT2D eigenvalue weighted by Gasteiger charge is -2.41. The first-order valence-electron chi connectivity index (χ1n) is 8.59. The number of nitriles is 1.